The van der Waals surface area contributed by atoms with Gasteiger partial charge in [0.25, 0.3) is 0 Å². The van der Waals surface area contributed by atoms with Crippen LogP contribution in [0, 0.1) is 5.92 Å². The van der Waals surface area contributed by atoms with E-state index in [-0.39, 0.29) is 29.9 Å². The van der Waals surface area contributed by atoms with Gasteiger partial charge in [-0.3, -0.25) is 9.59 Å². The quantitative estimate of drug-likeness (QED) is 0.619. The van der Waals surface area contributed by atoms with Crippen LogP contribution in [0.1, 0.15) is 25.7 Å². The van der Waals surface area contributed by atoms with Gasteiger partial charge < -0.3 is 14.4 Å². The molecular formula is C18H21NO4. The third-order valence-electron chi connectivity index (χ3n) is 4.66. The average Bonchev–Trinajstić information content (AvgIpc) is 3.10. The van der Waals surface area contributed by atoms with E-state index < -0.39 is 0 Å². The van der Waals surface area contributed by atoms with Crippen molar-refractivity contribution in [1.82, 2.24) is 0 Å². The fourth-order valence-corrected chi connectivity index (χ4v) is 3.59. The van der Waals surface area contributed by atoms with Gasteiger partial charge in [-0.25, -0.2) is 0 Å². The second-order valence-electron chi connectivity index (χ2n) is 5.99. The number of carbonyl (C=O) groups excluding carboxylic acids is 2. The van der Waals surface area contributed by atoms with E-state index >= 15 is 0 Å². The summed E-state index contributed by atoms with van der Waals surface area (Å²) in [6, 6.07) is 7.45. The van der Waals surface area contributed by atoms with Crippen LogP contribution in [0.5, 0.6) is 5.75 Å². The van der Waals surface area contributed by atoms with Gasteiger partial charge in [-0.1, -0.05) is 6.08 Å². The van der Waals surface area contributed by atoms with Gasteiger partial charge in [0.15, 0.2) is 0 Å². The van der Waals surface area contributed by atoms with Gasteiger partial charge in [0.1, 0.15) is 11.9 Å². The summed E-state index contributed by atoms with van der Waals surface area (Å²) in [5.41, 5.74) is 0.843. The Morgan fingerprint density at radius 2 is 2.09 bits per heavy atom. The summed E-state index contributed by atoms with van der Waals surface area (Å²) in [6.45, 7) is 3.74. The minimum Gasteiger partial charge on any atom is -0.497 e. The Hall–Kier alpha value is -2.30. The number of esters is 1. The van der Waals surface area contributed by atoms with Crippen LogP contribution in [0.2, 0.25) is 0 Å². The molecule has 0 N–H and O–H groups in total. The lowest BCUT2D eigenvalue weighted by atomic mass is 9.89. The summed E-state index contributed by atoms with van der Waals surface area (Å²) in [5, 5.41) is 0. The fraction of sp³-hybridized carbons (Fsp3) is 0.444. The van der Waals surface area contributed by atoms with Crippen LogP contribution in [0.15, 0.2) is 36.9 Å². The predicted octanol–water partition coefficient (Wildman–Crippen LogP) is 2.70. The Morgan fingerprint density at radius 3 is 2.74 bits per heavy atom. The highest BCUT2D eigenvalue weighted by Crippen LogP contribution is 2.38. The molecule has 0 bridgehead atoms. The minimum atomic E-state index is -0.184. The lowest BCUT2D eigenvalue weighted by Gasteiger charge is -2.31. The smallest absolute Gasteiger partial charge is 0.306 e. The highest BCUT2D eigenvalue weighted by atomic mass is 16.5. The zero-order chi connectivity index (χ0) is 16.4. The Bertz CT molecular complexity index is 610. The van der Waals surface area contributed by atoms with Gasteiger partial charge in [0, 0.05) is 30.5 Å². The molecular weight excluding hydrogens is 294 g/mol. The normalized spacial score (nSPS) is 27.2. The van der Waals surface area contributed by atoms with Gasteiger partial charge in [-0.05, 0) is 30.7 Å². The summed E-state index contributed by atoms with van der Waals surface area (Å²) in [6.07, 6.45) is 3.82. The van der Waals surface area contributed by atoms with E-state index in [1.807, 2.05) is 29.2 Å². The number of benzene rings is 1. The van der Waals surface area contributed by atoms with Gasteiger partial charge in [-0.2, -0.15) is 0 Å². The monoisotopic (exact) mass is 315 g/mol. The van der Waals surface area contributed by atoms with Crippen molar-refractivity contribution in [1.29, 1.82) is 0 Å². The number of cyclic esters (lactones) is 1. The summed E-state index contributed by atoms with van der Waals surface area (Å²) < 4.78 is 10.6. The minimum absolute atomic E-state index is 0.00713. The molecule has 0 aromatic heterocycles. The lowest BCUT2D eigenvalue weighted by molar-refractivity contribution is -0.141. The van der Waals surface area contributed by atoms with Crippen LogP contribution in [-0.2, 0) is 14.3 Å². The summed E-state index contributed by atoms with van der Waals surface area (Å²) >= 11 is 0. The number of hydrogen-bond donors (Lipinski definition) is 0. The third kappa shape index (κ3) is 2.96. The van der Waals surface area contributed by atoms with Crippen LogP contribution in [0.3, 0.4) is 0 Å². The molecule has 2 saturated heterocycles. The average molecular weight is 315 g/mol. The van der Waals surface area contributed by atoms with Crippen molar-refractivity contribution in [3.05, 3.63) is 36.9 Å². The molecule has 23 heavy (non-hydrogen) atoms. The fourth-order valence-electron chi connectivity index (χ4n) is 3.59. The van der Waals surface area contributed by atoms with Gasteiger partial charge >= 0.3 is 5.97 Å². The van der Waals surface area contributed by atoms with E-state index in [1.165, 1.54) is 0 Å². The first-order chi connectivity index (χ1) is 11.1. The molecule has 0 unspecified atom stereocenters. The van der Waals surface area contributed by atoms with E-state index in [1.54, 1.807) is 13.2 Å². The predicted molar refractivity (Wildman–Crippen MR) is 86.3 cm³/mol. The molecule has 122 valence electrons. The first-order valence-electron chi connectivity index (χ1n) is 7.90. The zero-order valence-electron chi connectivity index (χ0n) is 13.2. The Labute approximate surface area is 135 Å². The van der Waals surface area contributed by atoms with Gasteiger partial charge in [0.2, 0.25) is 5.91 Å². The summed E-state index contributed by atoms with van der Waals surface area (Å²) in [5.74, 6) is 0.683. The maximum absolute atomic E-state index is 12.4. The molecule has 1 aromatic carbocycles. The molecule has 0 aliphatic carbocycles. The second-order valence-corrected chi connectivity index (χ2v) is 5.99. The molecule has 2 heterocycles. The molecule has 5 nitrogen and oxygen atoms in total. The number of methoxy groups -OCH3 is 1. The molecule has 0 radical (unpaired) electrons. The van der Waals surface area contributed by atoms with Crippen molar-refractivity contribution < 1.29 is 19.1 Å². The number of rotatable bonds is 5. The van der Waals surface area contributed by atoms with E-state index in [2.05, 4.69) is 6.58 Å². The number of anilines is 1. The van der Waals surface area contributed by atoms with Crippen molar-refractivity contribution in [2.24, 2.45) is 5.92 Å². The number of amides is 1. The van der Waals surface area contributed by atoms with Crippen LogP contribution in [0.25, 0.3) is 0 Å². The number of carbonyl (C=O) groups is 2. The molecule has 3 rings (SSSR count). The second kappa shape index (κ2) is 6.44. The van der Waals surface area contributed by atoms with Crippen molar-refractivity contribution in [3.63, 3.8) is 0 Å². The molecule has 0 saturated carbocycles. The number of hydrogen-bond acceptors (Lipinski definition) is 4. The maximum Gasteiger partial charge on any atom is 0.306 e. The lowest BCUT2D eigenvalue weighted by Crippen LogP contribution is -2.41. The van der Waals surface area contributed by atoms with Crippen molar-refractivity contribution >= 4 is 17.6 Å². The molecule has 2 fully saturated rings. The van der Waals surface area contributed by atoms with Crippen LogP contribution in [-0.4, -0.2) is 31.1 Å². The highest BCUT2D eigenvalue weighted by Gasteiger charge is 2.45. The Morgan fingerprint density at radius 1 is 1.35 bits per heavy atom. The standard InChI is InChI=1S/C18H21NO4/c1-3-4-16-14(11-18(21)23-16)15-9-10-17(20)19(15)12-5-7-13(22-2)8-6-12/h3,5-8,14-16H,1,4,9-11H2,2H3/t14-,15+,16-/m0/s1. The first-order valence-corrected chi connectivity index (χ1v) is 7.90. The third-order valence-corrected chi connectivity index (χ3v) is 4.66. The zero-order valence-corrected chi connectivity index (χ0v) is 13.2. The molecule has 2 aliphatic rings. The van der Waals surface area contributed by atoms with Crippen molar-refractivity contribution in [2.75, 3.05) is 12.0 Å². The number of nitrogens with zero attached hydrogens (tertiary/aromatic N) is 1. The highest BCUT2D eigenvalue weighted by molar-refractivity contribution is 5.96. The molecule has 1 aromatic rings. The van der Waals surface area contributed by atoms with Crippen LogP contribution >= 0.6 is 0 Å². The SMILES string of the molecule is C=CC[C@@H]1OC(=O)C[C@H]1[C@H]1CCC(=O)N1c1ccc(OC)cc1. The molecule has 1 amide bonds. The van der Waals surface area contributed by atoms with Crippen LogP contribution < -0.4 is 9.64 Å². The number of ether oxygens (including phenoxy) is 2. The van der Waals surface area contributed by atoms with Crippen molar-refractivity contribution in [3.8, 4) is 5.75 Å². The maximum atomic E-state index is 12.4. The Balaban J connectivity index is 1.86. The van der Waals surface area contributed by atoms with Crippen LogP contribution in [0.4, 0.5) is 5.69 Å². The molecule has 2 aliphatic heterocycles. The molecule has 3 atom stereocenters. The van der Waals surface area contributed by atoms with E-state index in [0.29, 0.717) is 19.3 Å². The first kappa shape index (κ1) is 15.6. The largest absolute Gasteiger partial charge is 0.497 e. The topological polar surface area (TPSA) is 55.8 Å². The summed E-state index contributed by atoms with van der Waals surface area (Å²) in [4.78, 5) is 25.9. The molecule has 0 spiro atoms. The Kier molecular flexibility index (Phi) is 4.37. The van der Waals surface area contributed by atoms with E-state index in [9.17, 15) is 9.59 Å². The van der Waals surface area contributed by atoms with Gasteiger partial charge in [-0.15, -0.1) is 6.58 Å². The van der Waals surface area contributed by atoms with E-state index in [4.69, 9.17) is 9.47 Å². The molecule has 5 heteroatoms. The van der Waals surface area contributed by atoms with Gasteiger partial charge in [0.05, 0.1) is 13.5 Å². The van der Waals surface area contributed by atoms with E-state index in [0.717, 1.165) is 17.9 Å². The van der Waals surface area contributed by atoms with Crippen molar-refractivity contribution in [2.45, 2.75) is 37.8 Å². The summed E-state index contributed by atoms with van der Waals surface area (Å²) in [7, 11) is 1.61.